The first-order chi connectivity index (χ1) is 6.13. The molecule has 0 fully saturated rings. The Hall–Kier alpha value is -0.400. The number of carbonyl (C=O) groups excluding carboxylic acids is 1. The van der Waals surface area contributed by atoms with Crippen LogP contribution in [0.1, 0.15) is 6.92 Å². The Balaban J connectivity index is 2.59. The largest absolute Gasteiger partial charge is 0.468 e. The third-order valence-corrected chi connectivity index (χ3v) is 3.49. The van der Waals surface area contributed by atoms with Crippen molar-refractivity contribution in [2.45, 2.75) is 16.5 Å². The van der Waals surface area contributed by atoms with E-state index in [1.54, 1.807) is 6.92 Å². The molecule has 1 aromatic rings. The first kappa shape index (κ1) is 10.7. The molecule has 1 atom stereocenters. The summed E-state index contributed by atoms with van der Waals surface area (Å²) in [5.74, 6) is -0.258. The number of ether oxygens (including phenoxy) is 1. The van der Waals surface area contributed by atoms with Crippen molar-refractivity contribution >= 4 is 41.3 Å². The molecule has 1 heterocycles. The van der Waals surface area contributed by atoms with Crippen LogP contribution in [0, 0.1) is 3.95 Å². The maximum atomic E-state index is 11.0. The fraction of sp³-hybridized carbons (Fsp3) is 0.500. The molecule has 0 bridgehead atoms. The molecule has 0 aromatic carbocycles. The summed E-state index contributed by atoms with van der Waals surface area (Å²) in [7, 11) is 1.37. The normalized spacial score (nSPS) is 12.5. The van der Waals surface area contributed by atoms with Gasteiger partial charge in [-0.05, 0) is 19.1 Å². The Morgan fingerprint density at radius 2 is 2.54 bits per heavy atom. The van der Waals surface area contributed by atoms with E-state index in [9.17, 15) is 4.79 Å². The molecule has 0 unspecified atom stereocenters. The van der Waals surface area contributed by atoms with E-state index in [1.807, 2.05) is 0 Å². The first-order valence-electron chi connectivity index (χ1n) is 3.43. The molecule has 7 heteroatoms. The van der Waals surface area contributed by atoms with Crippen molar-refractivity contribution in [2.24, 2.45) is 0 Å². The number of hydrogen-bond donors (Lipinski definition) is 1. The molecule has 1 N–H and O–H groups in total. The van der Waals surface area contributed by atoms with Crippen LogP contribution in [0.5, 0.6) is 0 Å². The SMILES string of the molecule is COC(=O)[C@@H](C)Sc1n[nH]c(=S)s1. The number of esters is 1. The zero-order valence-electron chi connectivity index (χ0n) is 7.07. The molecule has 13 heavy (non-hydrogen) atoms. The number of carbonyl (C=O) groups is 1. The lowest BCUT2D eigenvalue weighted by atomic mass is 10.5. The van der Waals surface area contributed by atoms with Crippen molar-refractivity contribution in [1.82, 2.24) is 10.2 Å². The van der Waals surface area contributed by atoms with Crippen LogP contribution in [0.4, 0.5) is 0 Å². The van der Waals surface area contributed by atoms with E-state index in [0.717, 1.165) is 4.34 Å². The van der Waals surface area contributed by atoms with Crippen LogP contribution < -0.4 is 0 Å². The van der Waals surface area contributed by atoms with Crippen LogP contribution in [0.25, 0.3) is 0 Å². The van der Waals surface area contributed by atoms with Gasteiger partial charge in [0.2, 0.25) is 0 Å². The van der Waals surface area contributed by atoms with Crippen LogP contribution in [0.15, 0.2) is 4.34 Å². The van der Waals surface area contributed by atoms with Gasteiger partial charge in [-0.3, -0.25) is 9.89 Å². The van der Waals surface area contributed by atoms with Gasteiger partial charge in [0.1, 0.15) is 5.25 Å². The highest BCUT2D eigenvalue weighted by atomic mass is 32.2. The molecule has 0 saturated heterocycles. The predicted octanol–water partition coefficient (Wildman–Crippen LogP) is 1.85. The summed E-state index contributed by atoms with van der Waals surface area (Å²) in [6, 6.07) is 0. The average Bonchev–Trinajstić information content (AvgIpc) is 2.49. The molecule has 0 aliphatic heterocycles. The van der Waals surface area contributed by atoms with Crippen LogP contribution in [-0.2, 0) is 9.53 Å². The Morgan fingerprint density at radius 3 is 3.00 bits per heavy atom. The van der Waals surface area contributed by atoms with E-state index in [4.69, 9.17) is 12.2 Å². The first-order valence-corrected chi connectivity index (χ1v) is 5.54. The molecular formula is C6H8N2O2S3. The van der Waals surface area contributed by atoms with E-state index in [-0.39, 0.29) is 11.2 Å². The number of nitrogens with one attached hydrogen (secondary N) is 1. The van der Waals surface area contributed by atoms with Crippen molar-refractivity contribution in [3.05, 3.63) is 3.95 Å². The molecule has 72 valence electrons. The second-order valence-electron chi connectivity index (χ2n) is 2.16. The summed E-state index contributed by atoms with van der Waals surface area (Å²) in [4.78, 5) is 11.0. The van der Waals surface area contributed by atoms with Gasteiger partial charge in [0.15, 0.2) is 8.29 Å². The second-order valence-corrected chi connectivity index (χ2v) is 5.42. The van der Waals surface area contributed by atoms with Crippen molar-refractivity contribution < 1.29 is 9.53 Å². The summed E-state index contributed by atoms with van der Waals surface area (Å²) < 4.78 is 5.94. The highest BCUT2D eigenvalue weighted by molar-refractivity contribution is 8.02. The molecule has 0 amide bonds. The van der Waals surface area contributed by atoms with Crippen LogP contribution in [0.2, 0.25) is 0 Å². The van der Waals surface area contributed by atoms with Gasteiger partial charge in [0, 0.05) is 0 Å². The second kappa shape index (κ2) is 4.73. The van der Waals surface area contributed by atoms with Gasteiger partial charge in [0.05, 0.1) is 7.11 Å². The van der Waals surface area contributed by atoms with Crippen LogP contribution >= 0.6 is 35.3 Å². The number of aromatic amines is 1. The molecule has 0 aliphatic carbocycles. The molecule has 0 spiro atoms. The predicted molar refractivity (Wildman–Crippen MR) is 54.6 cm³/mol. The van der Waals surface area contributed by atoms with Gasteiger partial charge < -0.3 is 4.74 Å². The molecule has 1 rings (SSSR count). The zero-order chi connectivity index (χ0) is 9.84. The van der Waals surface area contributed by atoms with Gasteiger partial charge in [0.25, 0.3) is 0 Å². The number of rotatable bonds is 3. The van der Waals surface area contributed by atoms with Crippen molar-refractivity contribution in [2.75, 3.05) is 7.11 Å². The fourth-order valence-electron chi connectivity index (χ4n) is 0.632. The topological polar surface area (TPSA) is 55.0 Å². The summed E-state index contributed by atoms with van der Waals surface area (Å²) >= 11 is 7.53. The van der Waals surface area contributed by atoms with Crippen molar-refractivity contribution in [3.63, 3.8) is 0 Å². The number of hydrogen-bond acceptors (Lipinski definition) is 6. The number of thioether (sulfide) groups is 1. The minimum Gasteiger partial charge on any atom is -0.468 e. The lowest BCUT2D eigenvalue weighted by molar-refractivity contribution is -0.139. The molecule has 0 saturated carbocycles. The fourth-order valence-corrected chi connectivity index (χ4v) is 2.88. The lowest BCUT2D eigenvalue weighted by Crippen LogP contribution is -2.14. The highest BCUT2D eigenvalue weighted by Crippen LogP contribution is 2.25. The standard InChI is InChI=1S/C6H8N2O2S3/c1-3(4(9)10-2)12-6-8-7-5(11)13-6/h3H,1-2H3,(H,7,11)/t3-/m1/s1. The molecule has 1 aromatic heterocycles. The molecule has 0 aliphatic rings. The van der Waals surface area contributed by atoms with E-state index in [2.05, 4.69) is 14.9 Å². The van der Waals surface area contributed by atoms with Gasteiger partial charge >= 0.3 is 5.97 Å². The highest BCUT2D eigenvalue weighted by Gasteiger charge is 2.15. The van der Waals surface area contributed by atoms with E-state index < -0.39 is 0 Å². The Labute approximate surface area is 88.7 Å². The number of H-pyrrole nitrogens is 1. The van der Waals surface area contributed by atoms with E-state index in [0.29, 0.717) is 3.95 Å². The third-order valence-electron chi connectivity index (χ3n) is 1.23. The van der Waals surface area contributed by atoms with E-state index >= 15 is 0 Å². The average molecular weight is 236 g/mol. The Morgan fingerprint density at radius 1 is 1.85 bits per heavy atom. The van der Waals surface area contributed by atoms with Gasteiger partial charge in [-0.25, -0.2) is 0 Å². The van der Waals surface area contributed by atoms with Gasteiger partial charge in [-0.2, -0.15) is 5.10 Å². The zero-order valence-corrected chi connectivity index (χ0v) is 9.52. The van der Waals surface area contributed by atoms with E-state index in [1.165, 1.54) is 30.2 Å². The van der Waals surface area contributed by atoms with Gasteiger partial charge in [-0.15, -0.1) is 0 Å². The van der Waals surface area contributed by atoms with Gasteiger partial charge in [-0.1, -0.05) is 23.1 Å². The smallest absolute Gasteiger partial charge is 0.318 e. The third kappa shape index (κ3) is 3.09. The van der Waals surface area contributed by atoms with Crippen LogP contribution in [-0.4, -0.2) is 28.5 Å². The number of aromatic nitrogens is 2. The summed E-state index contributed by atoms with van der Waals surface area (Å²) in [5.41, 5.74) is 0. The van der Waals surface area contributed by atoms with Crippen molar-refractivity contribution in [3.8, 4) is 0 Å². The monoisotopic (exact) mass is 236 g/mol. The Kier molecular flexibility index (Phi) is 3.89. The summed E-state index contributed by atoms with van der Waals surface area (Å²) in [6.07, 6.45) is 0. The van der Waals surface area contributed by atoms with Crippen LogP contribution in [0.3, 0.4) is 0 Å². The molecule has 4 nitrogen and oxygen atoms in total. The summed E-state index contributed by atoms with van der Waals surface area (Å²) in [5, 5.41) is 6.31. The quantitative estimate of drug-likeness (QED) is 0.493. The molecular weight excluding hydrogens is 228 g/mol. The number of methoxy groups -OCH3 is 1. The summed E-state index contributed by atoms with van der Waals surface area (Å²) in [6.45, 7) is 1.76. The van der Waals surface area contributed by atoms with Crippen molar-refractivity contribution in [1.29, 1.82) is 0 Å². The molecule has 0 radical (unpaired) electrons. The Bertz CT molecular complexity index is 346. The minimum absolute atomic E-state index is 0.251. The maximum absolute atomic E-state index is 11.0. The maximum Gasteiger partial charge on any atom is 0.318 e. The minimum atomic E-state index is -0.258. The number of nitrogens with zero attached hydrogens (tertiary/aromatic N) is 1. The lowest BCUT2D eigenvalue weighted by Gasteiger charge is -2.04.